The van der Waals surface area contributed by atoms with Crippen LogP contribution in [0.15, 0.2) is 24.5 Å². The van der Waals surface area contributed by atoms with Crippen LogP contribution in [0.4, 0.5) is 0 Å². The van der Waals surface area contributed by atoms with Crippen LogP contribution in [0.1, 0.15) is 23.2 Å². The van der Waals surface area contributed by atoms with Gasteiger partial charge in [0, 0.05) is 44.0 Å². The number of likely N-dealkylation sites (N-methyl/N-ethyl adjacent to an activating group) is 1. The van der Waals surface area contributed by atoms with Crippen LogP contribution in [0.3, 0.4) is 0 Å². The van der Waals surface area contributed by atoms with E-state index in [1.807, 2.05) is 11.9 Å². The van der Waals surface area contributed by atoms with E-state index in [0.29, 0.717) is 31.2 Å². The summed E-state index contributed by atoms with van der Waals surface area (Å²) in [5.74, 6) is 0.778. The van der Waals surface area contributed by atoms with Crippen LogP contribution in [0, 0.1) is 11.8 Å². The van der Waals surface area contributed by atoms with Crippen molar-refractivity contribution < 1.29 is 14.3 Å². The van der Waals surface area contributed by atoms with E-state index in [0.717, 1.165) is 0 Å². The van der Waals surface area contributed by atoms with Gasteiger partial charge >= 0.3 is 0 Å². The SMILES string of the molecule is CN1C(=O)[C@@H](OCC2CC2)[C@H]2CN(C(=O)c3ccncc3)C[C@H]21. The molecule has 0 aromatic carbocycles. The zero-order valence-electron chi connectivity index (χ0n) is 13.2. The van der Waals surface area contributed by atoms with Gasteiger partial charge in [0.25, 0.3) is 11.8 Å². The Hall–Kier alpha value is -1.95. The second-order valence-corrected chi connectivity index (χ2v) is 6.82. The third kappa shape index (κ3) is 2.61. The minimum atomic E-state index is -0.388. The Morgan fingerprint density at radius 1 is 1.30 bits per heavy atom. The standard InChI is InChI=1S/C17H21N3O3/c1-19-14-9-20(16(21)12-4-6-18-7-5-12)8-13(14)15(17(19)22)23-10-11-2-3-11/h4-7,11,13-15H,2-3,8-10H2,1H3/t13-,14+,15-/m0/s1. The number of carbonyl (C=O) groups is 2. The monoisotopic (exact) mass is 315 g/mol. The molecule has 0 radical (unpaired) electrons. The van der Waals surface area contributed by atoms with Crippen LogP contribution in [-0.4, -0.2) is 65.5 Å². The van der Waals surface area contributed by atoms with Gasteiger partial charge in [0.05, 0.1) is 12.6 Å². The molecular weight excluding hydrogens is 294 g/mol. The van der Waals surface area contributed by atoms with Gasteiger partial charge in [0.15, 0.2) is 0 Å². The molecule has 4 rings (SSSR count). The minimum Gasteiger partial charge on any atom is -0.368 e. The lowest BCUT2D eigenvalue weighted by molar-refractivity contribution is -0.138. The molecule has 0 N–H and O–H groups in total. The van der Waals surface area contributed by atoms with E-state index in [-0.39, 0.29) is 29.9 Å². The molecule has 1 aromatic heterocycles. The summed E-state index contributed by atoms with van der Waals surface area (Å²) in [5, 5.41) is 0. The molecule has 3 heterocycles. The number of aromatic nitrogens is 1. The molecule has 6 heteroatoms. The quantitative estimate of drug-likeness (QED) is 0.824. The van der Waals surface area contributed by atoms with Gasteiger partial charge < -0.3 is 14.5 Å². The Morgan fingerprint density at radius 3 is 2.74 bits per heavy atom. The molecule has 3 aliphatic rings. The molecule has 23 heavy (non-hydrogen) atoms. The van der Waals surface area contributed by atoms with Crippen molar-refractivity contribution in [1.82, 2.24) is 14.8 Å². The van der Waals surface area contributed by atoms with E-state index < -0.39 is 0 Å². The maximum atomic E-state index is 12.6. The first-order valence-corrected chi connectivity index (χ1v) is 8.22. The highest BCUT2D eigenvalue weighted by molar-refractivity contribution is 5.94. The average molecular weight is 315 g/mol. The van der Waals surface area contributed by atoms with E-state index in [4.69, 9.17) is 4.74 Å². The largest absolute Gasteiger partial charge is 0.368 e. The maximum Gasteiger partial charge on any atom is 0.254 e. The van der Waals surface area contributed by atoms with Crippen LogP contribution in [0.2, 0.25) is 0 Å². The average Bonchev–Trinajstić information content (AvgIpc) is 3.26. The molecule has 2 aliphatic heterocycles. The Kier molecular flexibility index (Phi) is 3.56. The van der Waals surface area contributed by atoms with Gasteiger partial charge in [-0.3, -0.25) is 14.6 Å². The van der Waals surface area contributed by atoms with Crippen molar-refractivity contribution in [1.29, 1.82) is 0 Å². The number of rotatable bonds is 4. The van der Waals surface area contributed by atoms with Gasteiger partial charge in [0.2, 0.25) is 0 Å². The molecule has 3 atom stereocenters. The highest BCUT2D eigenvalue weighted by atomic mass is 16.5. The number of amides is 2. The first kappa shape index (κ1) is 14.6. The Morgan fingerprint density at radius 2 is 2.04 bits per heavy atom. The van der Waals surface area contributed by atoms with Crippen LogP contribution in [-0.2, 0) is 9.53 Å². The molecule has 2 amide bonds. The van der Waals surface area contributed by atoms with E-state index in [9.17, 15) is 9.59 Å². The van der Waals surface area contributed by atoms with E-state index in [1.54, 1.807) is 29.4 Å². The second-order valence-electron chi connectivity index (χ2n) is 6.82. The van der Waals surface area contributed by atoms with Crippen LogP contribution < -0.4 is 0 Å². The molecule has 0 spiro atoms. The summed E-state index contributed by atoms with van der Waals surface area (Å²) in [6.45, 7) is 1.83. The van der Waals surface area contributed by atoms with Crippen molar-refractivity contribution in [2.24, 2.45) is 11.8 Å². The number of hydrogen-bond acceptors (Lipinski definition) is 4. The zero-order valence-corrected chi connectivity index (χ0v) is 13.2. The normalized spacial score (nSPS) is 30.0. The summed E-state index contributed by atoms with van der Waals surface area (Å²) < 4.78 is 5.92. The molecule has 1 saturated carbocycles. The smallest absolute Gasteiger partial charge is 0.254 e. The summed E-state index contributed by atoms with van der Waals surface area (Å²) in [6.07, 6.45) is 5.28. The van der Waals surface area contributed by atoms with Gasteiger partial charge in [-0.1, -0.05) is 0 Å². The molecule has 0 unspecified atom stereocenters. The summed E-state index contributed by atoms with van der Waals surface area (Å²) >= 11 is 0. The number of nitrogens with zero attached hydrogens (tertiary/aromatic N) is 3. The lowest BCUT2D eigenvalue weighted by Crippen LogP contribution is -2.39. The number of likely N-dealkylation sites (tertiary alicyclic amines) is 2. The summed E-state index contributed by atoms with van der Waals surface area (Å²) in [4.78, 5) is 32.5. The van der Waals surface area contributed by atoms with Crippen LogP contribution in [0.25, 0.3) is 0 Å². The number of fused-ring (bicyclic) bond motifs is 1. The second kappa shape index (κ2) is 5.60. The van der Waals surface area contributed by atoms with Gasteiger partial charge in [0.1, 0.15) is 6.10 Å². The minimum absolute atomic E-state index is 0.00333. The Labute approximate surface area is 135 Å². The highest BCUT2D eigenvalue weighted by Crippen LogP contribution is 2.36. The Bertz CT molecular complexity index is 617. The predicted octanol–water partition coefficient (Wildman–Crippen LogP) is 0.789. The highest BCUT2D eigenvalue weighted by Gasteiger charge is 2.52. The zero-order chi connectivity index (χ0) is 16.0. The van der Waals surface area contributed by atoms with E-state index >= 15 is 0 Å². The summed E-state index contributed by atoms with van der Waals surface area (Å²) in [7, 11) is 1.82. The number of ether oxygens (including phenoxy) is 1. The topological polar surface area (TPSA) is 62.7 Å². The molecule has 1 aromatic rings. The van der Waals surface area contributed by atoms with Crippen molar-refractivity contribution in [3.05, 3.63) is 30.1 Å². The third-order valence-corrected chi connectivity index (χ3v) is 5.23. The number of hydrogen-bond donors (Lipinski definition) is 0. The fourth-order valence-corrected chi connectivity index (χ4v) is 3.63. The van der Waals surface area contributed by atoms with Gasteiger partial charge in [-0.15, -0.1) is 0 Å². The van der Waals surface area contributed by atoms with Crippen molar-refractivity contribution in [3.8, 4) is 0 Å². The summed E-state index contributed by atoms with van der Waals surface area (Å²) in [6, 6.07) is 3.52. The lowest BCUT2D eigenvalue weighted by Gasteiger charge is -2.22. The van der Waals surface area contributed by atoms with Crippen LogP contribution in [0.5, 0.6) is 0 Å². The van der Waals surface area contributed by atoms with Gasteiger partial charge in [-0.25, -0.2) is 0 Å². The number of carbonyl (C=O) groups excluding carboxylic acids is 2. The fourth-order valence-electron chi connectivity index (χ4n) is 3.63. The van der Waals surface area contributed by atoms with Crippen molar-refractivity contribution in [3.63, 3.8) is 0 Å². The lowest BCUT2D eigenvalue weighted by atomic mass is 10.0. The molecule has 122 valence electrons. The fraction of sp³-hybridized carbons (Fsp3) is 0.588. The molecule has 6 nitrogen and oxygen atoms in total. The van der Waals surface area contributed by atoms with E-state index in [2.05, 4.69) is 4.98 Å². The van der Waals surface area contributed by atoms with Crippen molar-refractivity contribution in [2.75, 3.05) is 26.7 Å². The maximum absolute atomic E-state index is 12.6. The summed E-state index contributed by atoms with van der Waals surface area (Å²) in [5.41, 5.74) is 0.643. The molecule has 3 fully saturated rings. The molecule has 1 aliphatic carbocycles. The van der Waals surface area contributed by atoms with Crippen molar-refractivity contribution in [2.45, 2.75) is 25.0 Å². The van der Waals surface area contributed by atoms with Crippen molar-refractivity contribution >= 4 is 11.8 Å². The molecule has 0 bridgehead atoms. The molecule has 2 saturated heterocycles. The third-order valence-electron chi connectivity index (χ3n) is 5.23. The predicted molar refractivity (Wildman–Crippen MR) is 82.7 cm³/mol. The molecular formula is C17H21N3O3. The van der Waals surface area contributed by atoms with Gasteiger partial charge in [-0.05, 0) is 30.9 Å². The first-order chi connectivity index (χ1) is 11.1. The Balaban J connectivity index is 1.47. The van der Waals surface area contributed by atoms with Crippen LogP contribution >= 0.6 is 0 Å². The first-order valence-electron chi connectivity index (χ1n) is 8.22. The number of pyridine rings is 1. The van der Waals surface area contributed by atoms with Gasteiger partial charge in [-0.2, -0.15) is 0 Å². The van der Waals surface area contributed by atoms with E-state index in [1.165, 1.54) is 12.8 Å².